The van der Waals surface area contributed by atoms with Crippen molar-refractivity contribution in [2.75, 3.05) is 5.43 Å². The SMILES string of the molecule is CCn1ncc(Br)c1C(=O)Nn1c(C)nc2sc3c(c2c1=O)CCC(C)C3. The molecule has 3 aromatic heterocycles. The molecule has 1 aliphatic rings. The molecule has 0 aromatic carbocycles. The summed E-state index contributed by atoms with van der Waals surface area (Å²) < 4.78 is 3.43. The maximum atomic E-state index is 13.2. The minimum absolute atomic E-state index is 0.211. The van der Waals surface area contributed by atoms with Crippen LogP contribution in [0.5, 0.6) is 0 Å². The molecule has 27 heavy (non-hydrogen) atoms. The molecule has 3 aromatic rings. The molecule has 1 aliphatic carbocycles. The number of hydrogen-bond donors (Lipinski definition) is 1. The Morgan fingerprint density at radius 3 is 3.00 bits per heavy atom. The fourth-order valence-corrected chi connectivity index (χ4v) is 5.50. The monoisotopic (exact) mass is 449 g/mol. The summed E-state index contributed by atoms with van der Waals surface area (Å²) in [7, 11) is 0. The van der Waals surface area contributed by atoms with Gasteiger partial charge in [0.2, 0.25) is 0 Å². The number of nitrogens with zero attached hydrogens (tertiary/aromatic N) is 4. The average molecular weight is 450 g/mol. The van der Waals surface area contributed by atoms with E-state index in [9.17, 15) is 9.59 Å². The van der Waals surface area contributed by atoms with Crippen molar-refractivity contribution in [1.82, 2.24) is 19.4 Å². The lowest BCUT2D eigenvalue weighted by Crippen LogP contribution is -2.36. The van der Waals surface area contributed by atoms with Crippen molar-refractivity contribution in [3.05, 3.63) is 43.0 Å². The van der Waals surface area contributed by atoms with Gasteiger partial charge in [0.15, 0.2) is 0 Å². The zero-order valence-corrected chi connectivity index (χ0v) is 17.8. The van der Waals surface area contributed by atoms with Gasteiger partial charge >= 0.3 is 0 Å². The van der Waals surface area contributed by atoms with Crippen LogP contribution in [0, 0.1) is 12.8 Å². The van der Waals surface area contributed by atoms with Gasteiger partial charge in [-0.3, -0.25) is 19.7 Å². The van der Waals surface area contributed by atoms with Gasteiger partial charge in [0.05, 0.1) is 16.1 Å². The molecule has 0 bridgehead atoms. The molecule has 7 nitrogen and oxygen atoms in total. The summed E-state index contributed by atoms with van der Waals surface area (Å²) in [6.45, 7) is 6.42. The van der Waals surface area contributed by atoms with Gasteiger partial charge in [0.1, 0.15) is 16.3 Å². The van der Waals surface area contributed by atoms with Gasteiger partial charge in [-0.2, -0.15) is 5.10 Å². The van der Waals surface area contributed by atoms with Crippen LogP contribution >= 0.6 is 27.3 Å². The van der Waals surface area contributed by atoms with Gasteiger partial charge in [-0.15, -0.1) is 11.3 Å². The molecule has 1 amide bonds. The molecular weight excluding hydrogens is 430 g/mol. The number of amides is 1. The molecule has 1 N–H and O–H groups in total. The lowest BCUT2D eigenvalue weighted by Gasteiger charge is -2.17. The Bertz CT molecular complexity index is 1110. The van der Waals surface area contributed by atoms with E-state index in [2.05, 4.69) is 38.4 Å². The van der Waals surface area contributed by atoms with Crippen LogP contribution in [0.15, 0.2) is 15.5 Å². The van der Waals surface area contributed by atoms with Crippen molar-refractivity contribution in [3.63, 3.8) is 0 Å². The molecule has 1 unspecified atom stereocenters. The molecule has 1 atom stereocenters. The highest BCUT2D eigenvalue weighted by molar-refractivity contribution is 9.10. The van der Waals surface area contributed by atoms with Crippen molar-refractivity contribution in [2.45, 2.75) is 46.6 Å². The number of nitrogens with one attached hydrogen (secondary N) is 1. The molecule has 0 saturated heterocycles. The number of halogens is 1. The molecule has 3 heterocycles. The summed E-state index contributed by atoms with van der Waals surface area (Å²) in [5, 5.41) is 4.80. The Kier molecular flexibility index (Phi) is 4.67. The van der Waals surface area contributed by atoms with Crippen LogP contribution in [-0.4, -0.2) is 25.3 Å². The Morgan fingerprint density at radius 1 is 1.48 bits per heavy atom. The highest BCUT2D eigenvalue weighted by Gasteiger charge is 2.25. The predicted molar refractivity (Wildman–Crippen MR) is 109 cm³/mol. The highest BCUT2D eigenvalue weighted by atomic mass is 79.9. The lowest BCUT2D eigenvalue weighted by molar-refractivity contribution is 0.0995. The first kappa shape index (κ1) is 18.4. The van der Waals surface area contributed by atoms with Gasteiger partial charge in [-0.1, -0.05) is 6.92 Å². The Morgan fingerprint density at radius 2 is 2.26 bits per heavy atom. The maximum absolute atomic E-state index is 13.2. The molecule has 0 radical (unpaired) electrons. The van der Waals surface area contributed by atoms with Crippen LogP contribution in [0.2, 0.25) is 0 Å². The second kappa shape index (κ2) is 6.87. The van der Waals surface area contributed by atoms with E-state index in [1.165, 1.54) is 9.55 Å². The number of aromatic nitrogens is 4. The summed E-state index contributed by atoms with van der Waals surface area (Å²) in [6, 6.07) is 0. The third kappa shape index (κ3) is 3.02. The number of thiophene rings is 1. The smallest absolute Gasteiger partial charge is 0.267 e. The normalized spacial score (nSPS) is 16.5. The summed E-state index contributed by atoms with van der Waals surface area (Å²) in [6.07, 6.45) is 4.52. The molecule has 0 saturated carbocycles. The van der Waals surface area contributed by atoms with Crippen molar-refractivity contribution in [3.8, 4) is 0 Å². The number of hydrogen-bond acceptors (Lipinski definition) is 5. The van der Waals surface area contributed by atoms with Gasteiger partial charge in [0.25, 0.3) is 11.5 Å². The molecular formula is C18H20BrN5O2S. The minimum atomic E-state index is -0.398. The number of aryl methyl sites for hydroxylation is 3. The predicted octanol–water partition coefficient (Wildman–Crippen LogP) is 3.25. The summed E-state index contributed by atoms with van der Waals surface area (Å²) in [5.41, 5.74) is 3.98. The van der Waals surface area contributed by atoms with Crippen molar-refractivity contribution in [1.29, 1.82) is 0 Å². The first-order chi connectivity index (χ1) is 12.9. The number of rotatable bonds is 3. The molecule has 0 spiro atoms. The van der Waals surface area contributed by atoms with E-state index in [4.69, 9.17) is 0 Å². The Hall–Kier alpha value is -2.00. The molecule has 142 valence electrons. The number of carbonyl (C=O) groups is 1. The van der Waals surface area contributed by atoms with Crippen LogP contribution in [-0.2, 0) is 19.4 Å². The summed E-state index contributed by atoms with van der Waals surface area (Å²) in [4.78, 5) is 32.6. The van der Waals surface area contributed by atoms with E-state index >= 15 is 0 Å². The van der Waals surface area contributed by atoms with Gasteiger partial charge in [-0.25, -0.2) is 9.66 Å². The molecule has 0 aliphatic heterocycles. The van der Waals surface area contributed by atoms with Crippen molar-refractivity contribution in [2.24, 2.45) is 5.92 Å². The largest absolute Gasteiger partial charge is 0.289 e. The summed E-state index contributed by atoms with van der Waals surface area (Å²) >= 11 is 4.96. The van der Waals surface area contributed by atoms with E-state index in [-0.39, 0.29) is 5.56 Å². The van der Waals surface area contributed by atoms with E-state index in [1.54, 1.807) is 29.1 Å². The van der Waals surface area contributed by atoms with Crippen LogP contribution in [0.4, 0.5) is 0 Å². The molecule has 9 heteroatoms. The van der Waals surface area contributed by atoms with E-state index in [0.29, 0.717) is 33.8 Å². The first-order valence-electron chi connectivity index (χ1n) is 8.97. The van der Waals surface area contributed by atoms with Gasteiger partial charge in [-0.05, 0) is 60.5 Å². The van der Waals surface area contributed by atoms with Crippen LogP contribution in [0.25, 0.3) is 10.2 Å². The van der Waals surface area contributed by atoms with Crippen molar-refractivity contribution >= 4 is 43.4 Å². The van der Waals surface area contributed by atoms with Crippen LogP contribution in [0.3, 0.4) is 0 Å². The van der Waals surface area contributed by atoms with E-state index in [0.717, 1.165) is 29.7 Å². The third-order valence-corrected chi connectivity index (χ3v) is 6.75. The fraction of sp³-hybridized carbons (Fsp3) is 0.444. The first-order valence-corrected chi connectivity index (χ1v) is 10.6. The standard InChI is InChI=1S/C18H20BrN5O2S/c1-4-23-15(12(19)8-20-23)16(25)22-24-10(3)21-17-14(18(24)26)11-6-5-9(2)7-13(11)27-17/h8-9H,4-7H2,1-3H3,(H,22,25). The zero-order valence-electron chi connectivity index (χ0n) is 15.4. The quantitative estimate of drug-likeness (QED) is 0.664. The highest BCUT2D eigenvalue weighted by Crippen LogP contribution is 2.35. The Balaban J connectivity index is 1.79. The van der Waals surface area contributed by atoms with Gasteiger partial charge < -0.3 is 0 Å². The van der Waals surface area contributed by atoms with Crippen molar-refractivity contribution < 1.29 is 4.79 Å². The second-order valence-corrected chi connectivity index (χ2v) is 8.87. The fourth-order valence-electron chi connectivity index (χ4n) is 3.61. The van der Waals surface area contributed by atoms with Crippen LogP contribution in [0.1, 0.15) is 47.0 Å². The number of fused-ring (bicyclic) bond motifs is 3. The molecule has 0 fully saturated rings. The minimum Gasteiger partial charge on any atom is -0.267 e. The second-order valence-electron chi connectivity index (χ2n) is 6.93. The maximum Gasteiger partial charge on any atom is 0.289 e. The zero-order chi connectivity index (χ0) is 19.3. The van der Waals surface area contributed by atoms with Crippen LogP contribution < -0.4 is 11.0 Å². The third-order valence-electron chi connectivity index (χ3n) is 5.02. The van der Waals surface area contributed by atoms with E-state index in [1.807, 2.05) is 6.92 Å². The topological polar surface area (TPSA) is 81.8 Å². The summed E-state index contributed by atoms with van der Waals surface area (Å²) in [5.74, 6) is 0.691. The average Bonchev–Trinajstić information content (AvgIpc) is 3.17. The molecule has 4 rings (SSSR count). The Labute approximate surface area is 168 Å². The lowest BCUT2D eigenvalue weighted by atomic mass is 9.89. The van der Waals surface area contributed by atoms with Gasteiger partial charge in [0, 0.05) is 11.4 Å². The number of carbonyl (C=O) groups excluding carboxylic acids is 1. The van der Waals surface area contributed by atoms with E-state index < -0.39 is 5.91 Å².